The van der Waals surface area contributed by atoms with E-state index in [9.17, 15) is 4.79 Å². The monoisotopic (exact) mass is 300 g/mol. The quantitative estimate of drug-likeness (QED) is 0.898. The molecule has 1 fully saturated rings. The highest BCUT2D eigenvalue weighted by Crippen LogP contribution is 2.25. The van der Waals surface area contributed by atoms with Crippen molar-refractivity contribution in [3.8, 4) is 0 Å². The summed E-state index contributed by atoms with van der Waals surface area (Å²) in [5.41, 5.74) is 8.00. The number of hydrogen-bond acceptors (Lipinski definition) is 3. The maximum Gasteiger partial charge on any atom is 0.241 e. The largest absolute Gasteiger partial charge is 0.353 e. The molecule has 1 aromatic rings. The fourth-order valence-corrected chi connectivity index (χ4v) is 3.26. The van der Waals surface area contributed by atoms with E-state index in [4.69, 9.17) is 5.73 Å². The number of thioether (sulfide) groups is 1. The van der Waals surface area contributed by atoms with Crippen LogP contribution in [-0.4, -0.2) is 23.5 Å². The molecule has 0 bridgehead atoms. The molecule has 1 aromatic carbocycles. The van der Waals surface area contributed by atoms with Gasteiger partial charge in [0, 0.05) is 11.8 Å². The van der Waals surface area contributed by atoms with Gasteiger partial charge in [0.2, 0.25) is 5.91 Å². The van der Waals surface area contributed by atoms with Crippen LogP contribution in [0.4, 0.5) is 0 Å². The number of amides is 1. The van der Waals surface area contributed by atoms with E-state index in [2.05, 4.69) is 5.32 Å². The lowest BCUT2D eigenvalue weighted by atomic mass is 10.1. The van der Waals surface area contributed by atoms with Gasteiger partial charge in [-0.1, -0.05) is 29.8 Å². The van der Waals surface area contributed by atoms with E-state index in [1.165, 1.54) is 24.2 Å². The molecular weight excluding hydrogens is 280 g/mol. The fraction of sp³-hybridized carbons (Fsp3) is 0.500. The molecule has 1 amide bonds. The van der Waals surface area contributed by atoms with Crippen LogP contribution in [0.3, 0.4) is 0 Å². The maximum absolute atomic E-state index is 11.9. The second kappa shape index (κ2) is 7.78. The average Bonchev–Trinajstić information content (AvgIpc) is 2.89. The van der Waals surface area contributed by atoms with Crippen LogP contribution < -0.4 is 11.1 Å². The first kappa shape index (κ1) is 16.3. The van der Waals surface area contributed by atoms with Crippen molar-refractivity contribution < 1.29 is 4.79 Å². The van der Waals surface area contributed by atoms with Crippen LogP contribution in [0.1, 0.15) is 30.0 Å². The summed E-state index contributed by atoms with van der Waals surface area (Å²) < 4.78 is 0. The molecule has 5 heteroatoms. The number of nitrogens with two attached hydrogens (primary N) is 1. The summed E-state index contributed by atoms with van der Waals surface area (Å²) in [4.78, 5) is 11.9. The standard InChI is InChI=1S/C14H20N2OS.ClH/c1-10-4-6-11(7-5-10)13(15)14(17)16-9-12-3-2-8-18-12;/h4-7,12-13H,2-3,8-9,15H2,1H3,(H,16,17);1H. The van der Waals surface area contributed by atoms with Gasteiger partial charge in [-0.3, -0.25) is 4.79 Å². The molecule has 1 aliphatic heterocycles. The molecule has 1 heterocycles. The Kier molecular flexibility index (Phi) is 6.69. The number of rotatable bonds is 4. The Bertz CT molecular complexity index is 404. The molecule has 3 nitrogen and oxygen atoms in total. The third-order valence-corrected chi connectivity index (χ3v) is 4.65. The zero-order valence-corrected chi connectivity index (χ0v) is 12.7. The van der Waals surface area contributed by atoms with Gasteiger partial charge < -0.3 is 11.1 Å². The lowest BCUT2D eigenvalue weighted by Gasteiger charge is -2.15. The molecule has 0 spiro atoms. The van der Waals surface area contributed by atoms with E-state index in [0.717, 1.165) is 12.1 Å². The van der Waals surface area contributed by atoms with Gasteiger partial charge in [-0.2, -0.15) is 11.8 Å². The van der Waals surface area contributed by atoms with Crippen molar-refractivity contribution in [1.82, 2.24) is 5.32 Å². The highest BCUT2D eigenvalue weighted by atomic mass is 35.5. The number of halogens is 1. The molecule has 2 atom stereocenters. The first-order valence-corrected chi connectivity index (χ1v) is 7.43. The molecular formula is C14H21ClN2OS. The van der Waals surface area contributed by atoms with Crippen LogP contribution in [0.15, 0.2) is 24.3 Å². The van der Waals surface area contributed by atoms with E-state index < -0.39 is 6.04 Å². The summed E-state index contributed by atoms with van der Waals surface area (Å²) in [7, 11) is 0. The summed E-state index contributed by atoms with van der Waals surface area (Å²) >= 11 is 1.94. The van der Waals surface area contributed by atoms with E-state index >= 15 is 0 Å². The van der Waals surface area contributed by atoms with Gasteiger partial charge in [-0.25, -0.2) is 0 Å². The Morgan fingerprint density at radius 1 is 1.47 bits per heavy atom. The third-order valence-electron chi connectivity index (χ3n) is 3.25. The number of carbonyl (C=O) groups is 1. The number of hydrogen-bond donors (Lipinski definition) is 2. The van der Waals surface area contributed by atoms with Crippen molar-refractivity contribution in [2.75, 3.05) is 12.3 Å². The van der Waals surface area contributed by atoms with Crippen molar-refractivity contribution in [2.24, 2.45) is 5.73 Å². The van der Waals surface area contributed by atoms with Crippen LogP contribution in [0, 0.1) is 6.92 Å². The molecule has 0 saturated carbocycles. The van der Waals surface area contributed by atoms with Gasteiger partial charge in [-0.05, 0) is 31.1 Å². The van der Waals surface area contributed by atoms with Crippen LogP contribution in [0.25, 0.3) is 0 Å². The minimum Gasteiger partial charge on any atom is -0.353 e. The summed E-state index contributed by atoms with van der Waals surface area (Å²) in [6.45, 7) is 2.76. The van der Waals surface area contributed by atoms with Gasteiger partial charge >= 0.3 is 0 Å². The summed E-state index contributed by atoms with van der Waals surface area (Å²) in [6.07, 6.45) is 2.46. The topological polar surface area (TPSA) is 55.1 Å². The number of carbonyl (C=O) groups excluding carboxylic acids is 1. The summed E-state index contributed by atoms with van der Waals surface area (Å²) in [6, 6.07) is 7.25. The molecule has 19 heavy (non-hydrogen) atoms. The summed E-state index contributed by atoms with van der Waals surface area (Å²) in [5, 5.41) is 3.52. The molecule has 1 saturated heterocycles. The first-order chi connectivity index (χ1) is 8.66. The van der Waals surface area contributed by atoms with E-state index in [-0.39, 0.29) is 18.3 Å². The predicted octanol–water partition coefficient (Wildman–Crippen LogP) is 2.43. The molecule has 0 aliphatic carbocycles. The van der Waals surface area contributed by atoms with Crippen LogP contribution in [-0.2, 0) is 4.79 Å². The Morgan fingerprint density at radius 3 is 2.74 bits per heavy atom. The lowest BCUT2D eigenvalue weighted by molar-refractivity contribution is -0.122. The Morgan fingerprint density at radius 2 is 2.16 bits per heavy atom. The smallest absolute Gasteiger partial charge is 0.241 e. The molecule has 0 radical (unpaired) electrons. The van der Waals surface area contributed by atoms with Gasteiger partial charge in [0.15, 0.2) is 0 Å². The lowest BCUT2D eigenvalue weighted by Crippen LogP contribution is -2.37. The number of benzene rings is 1. The van der Waals surface area contributed by atoms with Gasteiger partial charge in [0.05, 0.1) is 0 Å². The van der Waals surface area contributed by atoms with Crippen molar-refractivity contribution in [1.29, 1.82) is 0 Å². The van der Waals surface area contributed by atoms with E-state index in [1.54, 1.807) is 0 Å². The fourth-order valence-electron chi connectivity index (χ4n) is 2.05. The Hall–Kier alpha value is -0.710. The average molecular weight is 301 g/mol. The van der Waals surface area contributed by atoms with Crippen molar-refractivity contribution in [3.05, 3.63) is 35.4 Å². The van der Waals surface area contributed by atoms with Crippen LogP contribution in [0.2, 0.25) is 0 Å². The molecule has 3 N–H and O–H groups in total. The number of nitrogens with one attached hydrogen (secondary N) is 1. The SMILES string of the molecule is Cc1ccc(C(N)C(=O)NCC2CCCS2)cc1.Cl. The van der Waals surface area contributed by atoms with E-state index in [0.29, 0.717) is 5.25 Å². The van der Waals surface area contributed by atoms with Gasteiger partial charge in [0.1, 0.15) is 6.04 Å². The molecule has 106 valence electrons. The molecule has 2 unspecified atom stereocenters. The van der Waals surface area contributed by atoms with Crippen molar-refractivity contribution in [3.63, 3.8) is 0 Å². The Labute approximate surface area is 125 Å². The second-order valence-corrected chi connectivity index (χ2v) is 6.18. The van der Waals surface area contributed by atoms with Crippen LogP contribution in [0.5, 0.6) is 0 Å². The minimum atomic E-state index is -0.558. The second-order valence-electron chi connectivity index (χ2n) is 4.77. The molecule has 2 rings (SSSR count). The molecule has 1 aliphatic rings. The zero-order valence-electron chi connectivity index (χ0n) is 11.1. The zero-order chi connectivity index (χ0) is 13.0. The van der Waals surface area contributed by atoms with Crippen molar-refractivity contribution in [2.45, 2.75) is 31.1 Å². The highest BCUT2D eigenvalue weighted by Gasteiger charge is 2.19. The normalized spacial score (nSPS) is 19.6. The highest BCUT2D eigenvalue weighted by molar-refractivity contribution is 8.00. The van der Waals surface area contributed by atoms with Crippen molar-refractivity contribution >= 4 is 30.1 Å². The maximum atomic E-state index is 11.9. The minimum absolute atomic E-state index is 0. The number of aryl methyl sites for hydroxylation is 1. The van der Waals surface area contributed by atoms with E-state index in [1.807, 2.05) is 43.0 Å². The summed E-state index contributed by atoms with van der Waals surface area (Å²) in [5.74, 6) is 1.14. The van der Waals surface area contributed by atoms with Gasteiger partial charge in [0.25, 0.3) is 0 Å². The predicted molar refractivity (Wildman–Crippen MR) is 83.8 cm³/mol. The Balaban J connectivity index is 0.00000180. The molecule has 0 aromatic heterocycles. The third kappa shape index (κ3) is 4.71. The van der Waals surface area contributed by atoms with Crippen LogP contribution >= 0.6 is 24.2 Å². The van der Waals surface area contributed by atoms with Gasteiger partial charge in [-0.15, -0.1) is 12.4 Å². The first-order valence-electron chi connectivity index (χ1n) is 6.38.